The van der Waals surface area contributed by atoms with Gasteiger partial charge in [0.15, 0.2) is 9.84 Å². The van der Waals surface area contributed by atoms with Crippen molar-refractivity contribution in [2.45, 2.75) is 31.3 Å². The third-order valence-electron chi connectivity index (χ3n) is 3.65. The van der Waals surface area contributed by atoms with Crippen LogP contribution in [-0.4, -0.2) is 67.6 Å². The Balaban J connectivity index is 1.79. The Bertz CT molecular complexity index is 409. The monoisotopic (exact) mass is 276 g/mol. The Hall–Kier alpha value is -0.660. The lowest BCUT2D eigenvalue weighted by molar-refractivity contribution is -0.123. The quantitative estimate of drug-likeness (QED) is 0.670. The van der Waals surface area contributed by atoms with Crippen LogP contribution < -0.4 is 5.32 Å². The Labute approximate surface area is 107 Å². The van der Waals surface area contributed by atoms with Crippen LogP contribution in [0.15, 0.2) is 0 Å². The van der Waals surface area contributed by atoms with Crippen molar-refractivity contribution >= 4 is 15.7 Å². The lowest BCUT2D eigenvalue weighted by atomic mass is 10.2. The van der Waals surface area contributed by atoms with E-state index in [1.54, 1.807) is 0 Å². The van der Waals surface area contributed by atoms with Crippen molar-refractivity contribution < 1.29 is 18.3 Å². The molecule has 2 aliphatic heterocycles. The highest BCUT2D eigenvalue weighted by Crippen LogP contribution is 2.16. The van der Waals surface area contributed by atoms with E-state index in [9.17, 15) is 13.2 Å². The van der Waals surface area contributed by atoms with Crippen LogP contribution in [0.5, 0.6) is 0 Å². The summed E-state index contributed by atoms with van der Waals surface area (Å²) in [6, 6.07) is -0.166. The molecular weight excluding hydrogens is 256 g/mol. The molecule has 18 heavy (non-hydrogen) atoms. The number of rotatable bonds is 4. The largest absolute Gasteiger partial charge is 0.395 e. The van der Waals surface area contributed by atoms with Gasteiger partial charge in [0.25, 0.3) is 0 Å². The molecule has 2 aliphatic rings. The van der Waals surface area contributed by atoms with E-state index in [-0.39, 0.29) is 42.6 Å². The van der Waals surface area contributed by atoms with Crippen molar-refractivity contribution in [2.75, 3.05) is 31.2 Å². The molecule has 0 spiro atoms. The Morgan fingerprint density at radius 2 is 2.17 bits per heavy atom. The highest BCUT2D eigenvalue weighted by molar-refractivity contribution is 7.91. The number of hydrogen-bond donors (Lipinski definition) is 2. The molecule has 0 aliphatic carbocycles. The van der Waals surface area contributed by atoms with Gasteiger partial charge >= 0.3 is 0 Å². The fourth-order valence-electron chi connectivity index (χ4n) is 2.68. The molecule has 104 valence electrons. The molecule has 0 saturated carbocycles. The van der Waals surface area contributed by atoms with E-state index in [1.807, 2.05) is 4.90 Å². The van der Waals surface area contributed by atoms with Crippen molar-refractivity contribution in [3.05, 3.63) is 0 Å². The van der Waals surface area contributed by atoms with Crippen LogP contribution in [0.2, 0.25) is 0 Å². The standard InChI is InChI=1S/C11H20N2O4S/c14-7-10-2-1-4-13(10)6-11(15)12-9-3-5-18(16,17)8-9/h9-10,14H,1-8H2,(H,12,15)/t9?,10-/m0/s1. The van der Waals surface area contributed by atoms with E-state index in [2.05, 4.69) is 5.32 Å². The number of carbonyl (C=O) groups is 1. The summed E-state index contributed by atoms with van der Waals surface area (Å²) in [6.07, 6.45) is 2.43. The molecule has 2 atom stereocenters. The van der Waals surface area contributed by atoms with Gasteiger partial charge in [-0.15, -0.1) is 0 Å². The summed E-state index contributed by atoms with van der Waals surface area (Å²) in [5.74, 6) is 0.0840. The molecule has 1 amide bonds. The average molecular weight is 276 g/mol. The van der Waals surface area contributed by atoms with Crippen LogP contribution >= 0.6 is 0 Å². The maximum atomic E-state index is 11.8. The van der Waals surface area contributed by atoms with Gasteiger partial charge in [0, 0.05) is 12.1 Å². The summed E-state index contributed by atoms with van der Waals surface area (Å²) in [6.45, 7) is 1.15. The molecule has 2 heterocycles. The van der Waals surface area contributed by atoms with Crippen molar-refractivity contribution in [1.82, 2.24) is 10.2 Å². The van der Waals surface area contributed by atoms with E-state index in [4.69, 9.17) is 5.11 Å². The van der Waals surface area contributed by atoms with Gasteiger partial charge in [0.05, 0.1) is 24.7 Å². The first kappa shape index (κ1) is 13.8. The number of nitrogens with one attached hydrogen (secondary N) is 1. The minimum Gasteiger partial charge on any atom is -0.395 e. The topological polar surface area (TPSA) is 86.7 Å². The van der Waals surface area contributed by atoms with Crippen molar-refractivity contribution in [1.29, 1.82) is 0 Å². The molecule has 0 aromatic carbocycles. The van der Waals surface area contributed by atoms with Crippen LogP contribution in [0.1, 0.15) is 19.3 Å². The number of amides is 1. The molecule has 0 bridgehead atoms. The number of carbonyl (C=O) groups excluding carboxylic acids is 1. The van der Waals surface area contributed by atoms with Gasteiger partial charge in [-0.05, 0) is 25.8 Å². The zero-order chi connectivity index (χ0) is 13.2. The zero-order valence-electron chi connectivity index (χ0n) is 10.3. The van der Waals surface area contributed by atoms with Crippen molar-refractivity contribution in [3.8, 4) is 0 Å². The molecule has 2 rings (SSSR count). The third-order valence-corrected chi connectivity index (χ3v) is 5.42. The highest BCUT2D eigenvalue weighted by Gasteiger charge is 2.30. The lowest BCUT2D eigenvalue weighted by Crippen LogP contribution is -2.44. The number of hydrogen-bond acceptors (Lipinski definition) is 5. The number of aliphatic hydroxyl groups is 1. The molecule has 7 heteroatoms. The minimum atomic E-state index is -2.95. The van der Waals surface area contributed by atoms with Gasteiger partial charge < -0.3 is 10.4 Å². The van der Waals surface area contributed by atoms with Gasteiger partial charge in [-0.2, -0.15) is 0 Å². The third kappa shape index (κ3) is 3.43. The predicted octanol–water partition coefficient (Wildman–Crippen LogP) is -1.25. The fourth-order valence-corrected chi connectivity index (χ4v) is 4.35. The van der Waals surface area contributed by atoms with Gasteiger partial charge in [0.2, 0.25) is 5.91 Å². The molecule has 1 unspecified atom stereocenters. The van der Waals surface area contributed by atoms with Gasteiger partial charge in [0.1, 0.15) is 0 Å². The summed E-state index contributed by atoms with van der Waals surface area (Å²) in [5, 5.41) is 11.9. The van der Waals surface area contributed by atoms with Crippen LogP contribution in [0, 0.1) is 0 Å². The van der Waals surface area contributed by atoms with E-state index >= 15 is 0 Å². The summed E-state index contributed by atoms with van der Waals surface area (Å²) in [5.41, 5.74) is 0. The summed E-state index contributed by atoms with van der Waals surface area (Å²) in [4.78, 5) is 13.8. The first-order chi connectivity index (χ1) is 8.50. The second-order valence-corrected chi connectivity index (χ2v) is 7.35. The van der Waals surface area contributed by atoms with Crippen LogP contribution in [-0.2, 0) is 14.6 Å². The Morgan fingerprint density at radius 1 is 1.39 bits per heavy atom. The highest BCUT2D eigenvalue weighted by atomic mass is 32.2. The summed E-state index contributed by atoms with van der Waals surface area (Å²) in [7, 11) is -2.95. The Morgan fingerprint density at radius 3 is 2.78 bits per heavy atom. The molecule has 0 aromatic heterocycles. The molecule has 6 nitrogen and oxygen atoms in total. The second-order valence-electron chi connectivity index (χ2n) is 5.12. The minimum absolute atomic E-state index is 0.0577. The lowest BCUT2D eigenvalue weighted by Gasteiger charge is -2.22. The zero-order valence-corrected chi connectivity index (χ0v) is 11.2. The second kappa shape index (κ2) is 5.54. The number of likely N-dealkylation sites (tertiary alicyclic amines) is 1. The average Bonchev–Trinajstić information content (AvgIpc) is 2.85. The fraction of sp³-hybridized carbons (Fsp3) is 0.909. The van der Waals surface area contributed by atoms with Crippen LogP contribution in [0.4, 0.5) is 0 Å². The molecule has 0 aromatic rings. The van der Waals surface area contributed by atoms with E-state index < -0.39 is 9.84 Å². The van der Waals surface area contributed by atoms with Crippen molar-refractivity contribution in [3.63, 3.8) is 0 Å². The van der Waals surface area contributed by atoms with E-state index in [1.165, 1.54) is 0 Å². The van der Waals surface area contributed by atoms with E-state index in [0.717, 1.165) is 19.4 Å². The SMILES string of the molecule is O=C(CN1CCC[C@H]1CO)NC1CCS(=O)(=O)C1. The van der Waals surface area contributed by atoms with Crippen LogP contribution in [0.25, 0.3) is 0 Å². The number of sulfone groups is 1. The molecular formula is C11H20N2O4S. The molecule has 2 N–H and O–H groups in total. The van der Waals surface area contributed by atoms with Gasteiger partial charge in [-0.3, -0.25) is 9.69 Å². The predicted molar refractivity (Wildman–Crippen MR) is 66.9 cm³/mol. The molecule has 2 fully saturated rings. The first-order valence-corrected chi connectivity index (χ1v) is 8.17. The van der Waals surface area contributed by atoms with Crippen LogP contribution in [0.3, 0.4) is 0 Å². The van der Waals surface area contributed by atoms with E-state index in [0.29, 0.717) is 6.42 Å². The van der Waals surface area contributed by atoms with Gasteiger partial charge in [-0.25, -0.2) is 8.42 Å². The molecule has 2 saturated heterocycles. The number of nitrogens with zero attached hydrogens (tertiary/aromatic N) is 1. The number of aliphatic hydroxyl groups excluding tert-OH is 1. The van der Waals surface area contributed by atoms with Crippen molar-refractivity contribution in [2.24, 2.45) is 0 Å². The first-order valence-electron chi connectivity index (χ1n) is 6.35. The maximum Gasteiger partial charge on any atom is 0.234 e. The maximum absolute atomic E-state index is 11.8. The Kier molecular flexibility index (Phi) is 4.24. The van der Waals surface area contributed by atoms with Gasteiger partial charge in [-0.1, -0.05) is 0 Å². The summed E-state index contributed by atoms with van der Waals surface area (Å²) >= 11 is 0. The smallest absolute Gasteiger partial charge is 0.234 e. The normalized spacial score (nSPS) is 31.6. The summed E-state index contributed by atoms with van der Waals surface area (Å²) < 4.78 is 22.5. The molecule has 0 radical (unpaired) electrons.